The van der Waals surface area contributed by atoms with Crippen molar-refractivity contribution in [3.63, 3.8) is 0 Å². The van der Waals surface area contributed by atoms with Crippen molar-refractivity contribution in [1.82, 2.24) is 24.9 Å². The zero-order valence-electron chi connectivity index (χ0n) is 10.9. The largest absolute Gasteiger partial charge is 0.353 e. The molecule has 100 valence electrons. The van der Waals surface area contributed by atoms with E-state index in [1.54, 1.807) is 6.33 Å². The molecule has 0 amide bonds. The van der Waals surface area contributed by atoms with Crippen LogP contribution >= 0.6 is 0 Å². The molecule has 6 nitrogen and oxygen atoms in total. The Morgan fingerprint density at radius 3 is 3.32 bits per heavy atom. The molecule has 0 aromatic carbocycles. The number of fused-ring (bicyclic) bond motifs is 2. The smallest absolute Gasteiger partial charge is 0.203 e. The maximum absolute atomic E-state index is 4.52. The predicted molar refractivity (Wildman–Crippen MR) is 72.1 cm³/mol. The molecule has 0 saturated carbocycles. The van der Waals surface area contributed by atoms with E-state index >= 15 is 0 Å². The van der Waals surface area contributed by atoms with Gasteiger partial charge in [0.25, 0.3) is 0 Å². The van der Waals surface area contributed by atoms with Gasteiger partial charge in [-0.2, -0.15) is 0 Å². The van der Waals surface area contributed by atoms with E-state index < -0.39 is 0 Å². The van der Waals surface area contributed by atoms with Gasteiger partial charge in [0, 0.05) is 31.5 Å². The van der Waals surface area contributed by atoms with Crippen LogP contribution in [0.5, 0.6) is 0 Å². The van der Waals surface area contributed by atoms with Gasteiger partial charge < -0.3 is 10.2 Å². The second-order valence-electron chi connectivity index (χ2n) is 5.51. The second-order valence-corrected chi connectivity index (χ2v) is 5.51. The lowest BCUT2D eigenvalue weighted by atomic mass is 9.85. The van der Waals surface area contributed by atoms with E-state index in [4.69, 9.17) is 0 Å². The predicted octanol–water partition coefficient (Wildman–Crippen LogP) is 0.703. The highest BCUT2D eigenvalue weighted by Gasteiger charge is 2.32. The third-order valence-corrected chi connectivity index (χ3v) is 4.39. The number of piperidine rings is 2. The normalized spacial score (nSPS) is 27.5. The molecule has 19 heavy (non-hydrogen) atoms. The SMILES string of the molecule is c1cn2cnnc2c(N2CCC3NCCCC3C2)n1. The minimum atomic E-state index is 0.697. The summed E-state index contributed by atoms with van der Waals surface area (Å²) in [6.45, 7) is 3.31. The molecule has 0 bridgehead atoms. The average Bonchev–Trinajstić information content (AvgIpc) is 2.95. The molecular formula is C13H18N6. The van der Waals surface area contributed by atoms with E-state index in [-0.39, 0.29) is 0 Å². The Kier molecular flexibility index (Phi) is 2.61. The molecule has 2 aromatic heterocycles. The molecule has 1 N–H and O–H groups in total. The van der Waals surface area contributed by atoms with Gasteiger partial charge in [-0.1, -0.05) is 0 Å². The highest BCUT2D eigenvalue weighted by Crippen LogP contribution is 2.28. The molecule has 2 unspecified atom stereocenters. The number of hydrogen-bond acceptors (Lipinski definition) is 5. The number of hydrogen-bond donors (Lipinski definition) is 1. The van der Waals surface area contributed by atoms with Gasteiger partial charge in [-0.25, -0.2) is 4.98 Å². The number of nitrogens with one attached hydrogen (secondary N) is 1. The third kappa shape index (κ3) is 1.87. The standard InChI is InChI=1S/C13H18N6/c1-2-10-8-18(6-3-11(10)14-4-1)12-13-17-16-9-19(13)7-5-15-12/h5,7,9-11,14H,1-4,6,8H2. The zero-order valence-corrected chi connectivity index (χ0v) is 10.9. The van der Waals surface area contributed by atoms with Crippen LogP contribution in [0.4, 0.5) is 5.82 Å². The fraction of sp³-hybridized carbons (Fsp3) is 0.615. The summed E-state index contributed by atoms with van der Waals surface area (Å²) in [5.41, 5.74) is 0.865. The van der Waals surface area contributed by atoms with Crippen molar-refractivity contribution >= 4 is 11.5 Å². The van der Waals surface area contributed by atoms with Crippen LogP contribution in [0.2, 0.25) is 0 Å². The summed E-state index contributed by atoms with van der Waals surface area (Å²) in [7, 11) is 0. The first-order chi connectivity index (χ1) is 9.42. The van der Waals surface area contributed by atoms with Gasteiger partial charge in [0.15, 0.2) is 5.82 Å². The maximum Gasteiger partial charge on any atom is 0.203 e. The Morgan fingerprint density at radius 2 is 2.32 bits per heavy atom. The summed E-state index contributed by atoms with van der Waals surface area (Å²) in [6, 6.07) is 0.697. The zero-order chi connectivity index (χ0) is 12.7. The van der Waals surface area contributed by atoms with Crippen molar-refractivity contribution in [3.05, 3.63) is 18.7 Å². The first-order valence-corrected chi connectivity index (χ1v) is 7.04. The highest BCUT2D eigenvalue weighted by atomic mass is 15.3. The summed E-state index contributed by atoms with van der Waals surface area (Å²) >= 11 is 0. The Bertz CT molecular complexity index is 579. The number of rotatable bonds is 1. The number of anilines is 1. The van der Waals surface area contributed by atoms with E-state index in [9.17, 15) is 0 Å². The molecule has 2 aliphatic heterocycles. The van der Waals surface area contributed by atoms with Crippen molar-refractivity contribution < 1.29 is 0 Å². The molecule has 2 aromatic rings. The van der Waals surface area contributed by atoms with Crippen molar-refractivity contribution in [2.24, 2.45) is 5.92 Å². The molecule has 2 fully saturated rings. The molecule has 2 atom stereocenters. The van der Waals surface area contributed by atoms with Gasteiger partial charge >= 0.3 is 0 Å². The summed E-state index contributed by atoms with van der Waals surface area (Å²) in [4.78, 5) is 6.90. The fourth-order valence-corrected chi connectivity index (χ4v) is 3.41. The Labute approximate surface area is 111 Å². The fourth-order valence-electron chi connectivity index (χ4n) is 3.41. The van der Waals surface area contributed by atoms with Crippen LogP contribution < -0.4 is 10.2 Å². The van der Waals surface area contributed by atoms with Crippen LogP contribution in [-0.2, 0) is 0 Å². The molecule has 6 heteroatoms. The van der Waals surface area contributed by atoms with Crippen LogP contribution in [0.3, 0.4) is 0 Å². The topological polar surface area (TPSA) is 58.4 Å². The number of nitrogens with zero attached hydrogens (tertiary/aromatic N) is 5. The lowest BCUT2D eigenvalue weighted by molar-refractivity contribution is 0.244. The Morgan fingerprint density at radius 1 is 1.32 bits per heavy atom. The van der Waals surface area contributed by atoms with E-state index in [1.165, 1.54) is 25.8 Å². The minimum Gasteiger partial charge on any atom is -0.353 e. The molecular weight excluding hydrogens is 240 g/mol. The van der Waals surface area contributed by atoms with Crippen LogP contribution in [0.15, 0.2) is 18.7 Å². The third-order valence-electron chi connectivity index (χ3n) is 4.39. The van der Waals surface area contributed by atoms with Crippen molar-refractivity contribution in [2.75, 3.05) is 24.5 Å². The van der Waals surface area contributed by atoms with E-state index in [2.05, 4.69) is 25.4 Å². The van der Waals surface area contributed by atoms with E-state index in [0.717, 1.165) is 30.5 Å². The summed E-state index contributed by atoms with van der Waals surface area (Å²) in [6.07, 6.45) is 9.27. The van der Waals surface area contributed by atoms with E-state index in [1.807, 2.05) is 16.8 Å². The molecule has 4 heterocycles. The first kappa shape index (κ1) is 11.2. The van der Waals surface area contributed by atoms with Gasteiger partial charge in [0.1, 0.15) is 6.33 Å². The van der Waals surface area contributed by atoms with Gasteiger partial charge in [0.05, 0.1) is 0 Å². The van der Waals surface area contributed by atoms with Crippen LogP contribution in [0.25, 0.3) is 5.65 Å². The molecule has 0 radical (unpaired) electrons. The molecule has 2 aliphatic rings. The molecule has 0 aliphatic carbocycles. The van der Waals surface area contributed by atoms with Crippen LogP contribution in [0, 0.1) is 5.92 Å². The Balaban J connectivity index is 1.64. The first-order valence-electron chi connectivity index (χ1n) is 7.04. The van der Waals surface area contributed by atoms with Crippen molar-refractivity contribution in [1.29, 1.82) is 0 Å². The van der Waals surface area contributed by atoms with E-state index in [0.29, 0.717) is 6.04 Å². The minimum absolute atomic E-state index is 0.697. The average molecular weight is 258 g/mol. The Hall–Kier alpha value is -1.69. The lowest BCUT2D eigenvalue weighted by Crippen LogP contribution is -2.52. The van der Waals surface area contributed by atoms with Gasteiger partial charge in [-0.15, -0.1) is 10.2 Å². The van der Waals surface area contributed by atoms with Gasteiger partial charge in [-0.3, -0.25) is 4.40 Å². The van der Waals surface area contributed by atoms with Crippen LogP contribution in [0.1, 0.15) is 19.3 Å². The van der Waals surface area contributed by atoms with Crippen molar-refractivity contribution in [3.8, 4) is 0 Å². The maximum atomic E-state index is 4.52. The lowest BCUT2D eigenvalue weighted by Gasteiger charge is -2.42. The van der Waals surface area contributed by atoms with Crippen LogP contribution in [-0.4, -0.2) is 45.3 Å². The second kappa shape index (κ2) is 4.45. The molecule has 0 spiro atoms. The quantitative estimate of drug-likeness (QED) is 0.816. The summed E-state index contributed by atoms with van der Waals surface area (Å²) < 4.78 is 1.94. The number of aromatic nitrogens is 4. The summed E-state index contributed by atoms with van der Waals surface area (Å²) in [5.74, 6) is 1.72. The van der Waals surface area contributed by atoms with Crippen molar-refractivity contribution in [2.45, 2.75) is 25.3 Å². The van der Waals surface area contributed by atoms with Gasteiger partial charge in [0.2, 0.25) is 5.65 Å². The highest BCUT2D eigenvalue weighted by molar-refractivity contribution is 5.63. The molecule has 2 saturated heterocycles. The van der Waals surface area contributed by atoms with Gasteiger partial charge in [-0.05, 0) is 31.7 Å². The summed E-state index contributed by atoms with van der Waals surface area (Å²) in [5, 5.41) is 11.8. The monoisotopic (exact) mass is 258 g/mol. The molecule has 4 rings (SSSR count).